The van der Waals surface area contributed by atoms with Crippen LogP contribution in [0.5, 0.6) is 11.5 Å². The van der Waals surface area contributed by atoms with Gasteiger partial charge in [0.1, 0.15) is 24.1 Å². The highest BCUT2D eigenvalue weighted by Gasteiger charge is 2.31. The number of rotatable bonds is 11. The summed E-state index contributed by atoms with van der Waals surface area (Å²) in [5, 5.41) is 2.72. The van der Waals surface area contributed by atoms with E-state index in [0.717, 1.165) is 21.7 Å². The van der Waals surface area contributed by atoms with Crippen LogP contribution < -0.4 is 19.1 Å². The predicted molar refractivity (Wildman–Crippen MR) is 132 cm³/mol. The number of likely N-dealkylation sites (N-methyl/N-ethyl adjacent to an activating group) is 1. The van der Waals surface area contributed by atoms with Crippen molar-refractivity contribution >= 4 is 27.5 Å². The Labute approximate surface area is 201 Å². The van der Waals surface area contributed by atoms with Crippen molar-refractivity contribution in [2.75, 3.05) is 37.9 Å². The molecule has 2 aromatic rings. The summed E-state index contributed by atoms with van der Waals surface area (Å²) in [6, 6.07) is 11.4. The maximum atomic E-state index is 13.5. The van der Waals surface area contributed by atoms with Crippen LogP contribution >= 0.6 is 0 Å². The molecule has 2 rings (SSSR count). The molecule has 0 fully saturated rings. The van der Waals surface area contributed by atoms with Crippen LogP contribution in [0.3, 0.4) is 0 Å². The van der Waals surface area contributed by atoms with Crippen LogP contribution in [0.4, 0.5) is 5.69 Å². The molecule has 1 unspecified atom stereocenters. The molecule has 0 saturated heterocycles. The molecule has 0 aliphatic carbocycles. The van der Waals surface area contributed by atoms with Gasteiger partial charge in [-0.3, -0.25) is 13.9 Å². The van der Waals surface area contributed by atoms with E-state index in [9.17, 15) is 18.0 Å². The number of carbonyl (C=O) groups excluding carboxylic acids is 2. The smallest absolute Gasteiger partial charge is 0.244 e. The maximum absolute atomic E-state index is 13.5. The Morgan fingerprint density at radius 2 is 1.71 bits per heavy atom. The van der Waals surface area contributed by atoms with Gasteiger partial charge in [-0.2, -0.15) is 0 Å². The lowest BCUT2D eigenvalue weighted by atomic mass is 10.1. The van der Waals surface area contributed by atoms with Crippen LogP contribution in [-0.2, 0) is 26.2 Å². The Kier molecular flexibility index (Phi) is 9.31. The van der Waals surface area contributed by atoms with Crippen LogP contribution in [0.15, 0.2) is 42.5 Å². The lowest BCUT2D eigenvalue weighted by molar-refractivity contribution is -0.139. The summed E-state index contributed by atoms with van der Waals surface area (Å²) in [5.41, 5.74) is 2.08. The predicted octanol–water partition coefficient (Wildman–Crippen LogP) is 2.33. The minimum Gasteiger partial charge on any atom is -0.497 e. The fraction of sp³-hybridized carbons (Fsp3) is 0.417. The van der Waals surface area contributed by atoms with Crippen molar-refractivity contribution in [1.82, 2.24) is 10.2 Å². The first kappa shape index (κ1) is 27.0. The van der Waals surface area contributed by atoms with Gasteiger partial charge in [0.25, 0.3) is 0 Å². The summed E-state index contributed by atoms with van der Waals surface area (Å²) in [5.74, 6) is -0.135. The number of carbonyl (C=O) groups is 2. The van der Waals surface area contributed by atoms with Gasteiger partial charge in [0.15, 0.2) is 0 Å². The quantitative estimate of drug-likeness (QED) is 0.517. The second-order valence-electron chi connectivity index (χ2n) is 7.89. The molecule has 2 amide bonds. The van der Waals surface area contributed by atoms with E-state index in [-0.39, 0.29) is 23.9 Å². The van der Waals surface area contributed by atoms with E-state index in [2.05, 4.69) is 5.32 Å². The van der Waals surface area contributed by atoms with E-state index in [1.54, 1.807) is 26.0 Å². The number of sulfonamides is 1. The molecule has 0 bridgehead atoms. The monoisotopic (exact) mass is 491 g/mol. The van der Waals surface area contributed by atoms with E-state index in [1.807, 2.05) is 31.2 Å². The van der Waals surface area contributed by atoms with Crippen LogP contribution in [0.2, 0.25) is 0 Å². The molecule has 0 aromatic heterocycles. The minimum absolute atomic E-state index is 0.148. The highest BCUT2D eigenvalue weighted by molar-refractivity contribution is 7.92. The van der Waals surface area contributed by atoms with Crippen molar-refractivity contribution < 1.29 is 27.5 Å². The summed E-state index contributed by atoms with van der Waals surface area (Å²) < 4.78 is 36.9. The zero-order chi connectivity index (χ0) is 25.5. The van der Waals surface area contributed by atoms with Crippen LogP contribution in [-0.4, -0.2) is 64.7 Å². The van der Waals surface area contributed by atoms with E-state index in [4.69, 9.17) is 9.47 Å². The summed E-state index contributed by atoms with van der Waals surface area (Å²) in [6.45, 7) is 5.42. The second kappa shape index (κ2) is 11.7. The number of anilines is 1. The molecule has 0 heterocycles. The van der Waals surface area contributed by atoms with E-state index in [0.29, 0.717) is 12.3 Å². The molecule has 0 radical (unpaired) electrons. The molecule has 10 heteroatoms. The van der Waals surface area contributed by atoms with Gasteiger partial charge < -0.3 is 19.7 Å². The van der Waals surface area contributed by atoms with E-state index in [1.165, 1.54) is 25.2 Å². The number of nitrogens with one attached hydrogen (secondary N) is 1. The number of ether oxygens (including phenoxy) is 2. The fourth-order valence-corrected chi connectivity index (χ4v) is 4.23. The third kappa shape index (κ3) is 6.86. The first-order valence-corrected chi connectivity index (χ1v) is 12.7. The Bertz CT molecular complexity index is 1100. The molecule has 0 aliphatic rings. The second-order valence-corrected chi connectivity index (χ2v) is 9.79. The number of hydrogen-bond donors (Lipinski definition) is 1. The van der Waals surface area contributed by atoms with Crippen molar-refractivity contribution in [3.63, 3.8) is 0 Å². The molecule has 186 valence electrons. The number of nitrogens with zero attached hydrogens (tertiary/aromatic N) is 2. The zero-order valence-electron chi connectivity index (χ0n) is 20.5. The number of amides is 2. The third-order valence-electron chi connectivity index (χ3n) is 5.33. The lowest BCUT2D eigenvalue weighted by Gasteiger charge is -2.31. The normalized spacial score (nSPS) is 11.9. The highest BCUT2D eigenvalue weighted by atomic mass is 32.2. The van der Waals surface area contributed by atoms with Crippen LogP contribution in [0, 0.1) is 6.92 Å². The van der Waals surface area contributed by atoms with Gasteiger partial charge in [0, 0.05) is 19.2 Å². The van der Waals surface area contributed by atoms with E-state index >= 15 is 0 Å². The molecule has 9 nitrogen and oxygen atoms in total. The third-order valence-corrected chi connectivity index (χ3v) is 6.45. The number of aryl methyl sites for hydroxylation is 1. The number of hydrogen-bond acceptors (Lipinski definition) is 6. The van der Waals surface area contributed by atoms with Crippen molar-refractivity contribution in [2.24, 2.45) is 0 Å². The molecular formula is C24H33N3O6S. The average Bonchev–Trinajstić information content (AvgIpc) is 2.80. The van der Waals surface area contributed by atoms with Gasteiger partial charge in [-0.15, -0.1) is 0 Å². The fourth-order valence-electron chi connectivity index (χ4n) is 3.38. The van der Waals surface area contributed by atoms with Crippen molar-refractivity contribution in [2.45, 2.75) is 33.4 Å². The van der Waals surface area contributed by atoms with Crippen molar-refractivity contribution in [3.8, 4) is 11.5 Å². The standard InChI is InChI=1S/C24H33N3O6S/c1-7-25-24(29)18(3)26(15-19-10-8-17(2)9-11-19)23(28)16-27(34(6,30)31)21-13-12-20(32-4)14-22(21)33-5/h8-14,18H,7,15-16H2,1-6H3,(H,25,29). The molecule has 0 saturated carbocycles. The van der Waals surface area contributed by atoms with Gasteiger partial charge in [-0.05, 0) is 38.5 Å². The highest BCUT2D eigenvalue weighted by Crippen LogP contribution is 2.33. The van der Waals surface area contributed by atoms with Gasteiger partial charge in [-0.25, -0.2) is 8.42 Å². The molecular weight excluding hydrogens is 458 g/mol. The molecule has 1 N–H and O–H groups in total. The van der Waals surface area contributed by atoms with Gasteiger partial charge in [0.2, 0.25) is 21.8 Å². The Hall–Kier alpha value is -3.27. The molecule has 0 aliphatic heterocycles. The maximum Gasteiger partial charge on any atom is 0.244 e. The minimum atomic E-state index is -3.87. The number of benzene rings is 2. The van der Waals surface area contributed by atoms with E-state index < -0.39 is 28.5 Å². The lowest BCUT2D eigenvalue weighted by Crippen LogP contribution is -2.51. The van der Waals surface area contributed by atoms with Crippen molar-refractivity contribution in [3.05, 3.63) is 53.6 Å². The first-order chi connectivity index (χ1) is 16.0. The largest absolute Gasteiger partial charge is 0.497 e. The average molecular weight is 492 g/mol. The molecule has 34 heavy (non-hydrogen) atoms. The summed E-state index contributed by atoms with van der Waals surface area (Å²) in [7, 11) is -0.981. The molecule has 0 spiro atoms. The van der Waals surface area contributed by atoms with Gasteiger partial charge >= 0.3 is 0 Å². The number of methoxy groups -OCH3 is 2. The van der Waals surface area contributed by atoms with Crippen LogP contribution in [0.25, 0.3) is 0 Å². The topological polar surface area (TPSA) is 105 Å². The summed E-state index contributed by atoms with van der Waals surface area (Å²) >= 11 is 0. The van der Waals surface area contributed by atoms with Gasteiger partial charge in [0.05, 0.1) is 26.2 Å². The Morgan fingerprint density at radius 1 is 1.06 bits per heavy atom. The molecule has 1 atom stereocenters. The van der Waals surface area contributed by atoms with Gasteiger partial charge in [-0.1, -0.05) is 29.8 Å². The van der Waals surface area contributed by atoms with Crippen molar-refractivity contribution in [1.29, 1.82) is 0 Å². The summed E-state index contributed by atoms with van der Waals surface area (Å²) in [6.07, 6.45) is 1.02. The Balaban J connectivity index is 2.44. The summed E-state index contributed by atoms with van der Waals surface area (Å²) in [4.78, 5) is 27.5. The Morgan fingerprint density at radius 3 is 2.24 bits per heavy atom. The molecule has 2 aromatic carbocycles. The zero-order valence-corrected chi connectivity index (χ0v) is 21.3. The van der Waals surface area contributed by atoms with Crippen LogP contribution in [0.1, 0.15) is 25.0 Å². The SMILES string of the molecule is CCNC(=O)C(C)N(Cc1ccc(C)cc1)C(=O)CN(c1ccc(OC)cc1OC)S(C)(=O)=O. The first-order valence-electron chi connectivity index (χ1n) is 10.8.